The molecule has 17 heavy (non-hydrogen) atoms. The van der Waals surface area contributed by atoms with Crippen LogP contribution in [0.15, 0.2) is 22.7 Å². The molecule has 3 nitrogen and oxygen atoms in total. The Morgan fingerprint density at radius 2 is 2.12 bits per heavy atom. The second kappa shape index (κ2) is 7.69. The van der Waals surface area contributed by atoms with Crippen molar-refractivity contribution in [2.75, 3.05) is 20.3 Å². The molecule has 1 N–H and O–H groups in total. The van der Waals surface area contributed by atoms with Crippen LogP contribution in [0.25, 0.3) is 0 Å². The van der Waals surface area contributed by atoms with Crippen LogP contribution < -0.4 is 10.1 Å². The van der Waals surface area contributed by atoms with E-state index in [1.165, 1.54) is 0 Å². The first-order valence-corrected chi connectivity index (χ1v) is 6.57. The van der Waals surface area contributed by atoms with Crippen molar-refractivity contribution in [3.05, 3.63) is 28.2 Å². The first-order valence-electron chi connectivity index (χ1n) is 5.78. The zero-order chi connectivity index (χ0) is 12.7. The summed E-state index contributed by atoms with van der Waals surface area (Å²) in [5.74, 6) is 0.938. The SMILES string of the molecule is COCCNCc1cc(Br)ccc1OC(C)C. The lowest BCUT2D eigenvalue weighted by atomic mass is 10.2. The Kier molecular flexibility index (Phi) is 6.55. The highest BCUT2D eigenvalue weighted by atomic mass is 79.9. The third kappa shape index (κ3) is 5.52. The zero-order valence-corrected chi connectivity index (χ0v) is 12.2. The Hall–Kier alpha value is -0.580. The number of methoxy groups -OCH3 is 1. The second-order valence-electron chi connectivity index (χ2n) is 4.09. The monoisotopic (exact) mass is 301 g/mol. The average Bonchev–Trinajstić information content (AvgIpc) is 2.27. The smallest absolute Gasteiger partial charge is 0.124 e. The van der Waals surface area contributed by atoms with Gasteiger partial charge >= 0.3 is 0 Å². The van der Waals surface area contributed by atoms with Crippen molar-refractivity contribution in [3.63, 3.8) is 0 Å². The number of hydrogen-bond acceptors (Lipinski definition) is 3. The average molecular weight is 302 g/mol. The standard InChI is InChI=1S/C13H20BrNO2/c1-10(2)17-13-5-4-12(14)8-11(13)9-15-6-7-16-3/h4-5,8,10,15H,6-7,9H2,1-3H3. The molecule has 0 amide bonds. The van der Waals surface area contributed by atoms with Crippen molar-refractivity contribution >= 4 is 15.9 Å². The fraction of sp³-hybridized carbons (Fsp3) is 0.538. The lowest BCUT2D eigenvalue weighted by molar-refractivity contribution is 0.198. The van der Waals surface area contributed by atoms with Crippen molar-refractivity contribution in [3.8, 4) is 5.75 Å². The van der Waals surface area contributed by atoms with Gasteiger partial charge in [-0.15, -0.1) is 0 Å². The van der Waals surface area contributed by atoms with Gasteiger partial charge in [0.1, 0.15) is 5.75 Å². The summed E-state index contributed by atoms with van der Waals surface area (Å²) in [6, 6.07) is 6.07. The molecule has 1 aromatic rings. The summed E-state index contributed by atoms with van der Waals surface area (Å²) in [6.45, 7) is 6.40. The van der Waals surface area contributed by atoms with Gasteiger partial charge in [0.2, 0.25) is 0 Å². The largest absolute Gasteiger partial charge is 0.491 e. The van der Waals surface area contributed by atoms with Gasteiger partial charge in [0.25, 0.3) is 0 Å². The molecule has 0 aliphatic heterocycles. The molecular weight excluding hydrogens is 282 g/mol. The van der Waals surface area contributed by atoms with Gasteiger partial charge in [0.15, 0.2) is 0 Å². The highest BCUT2D eigenvalue weighted by molar-refractivity contribution is 9.10. The molecule has 0 unspecified atom stereocenters. The molecule has 0 saturated heterocycles. The van der Waals surface area contributed by atoms with Gasteiger partial charge in [-0.3, -0.25) is 0 Å². The molecule has 1 aromatic carbocycles. The van der Waals surface area contributed by atoms with E-state index in [9.17, 15) is 0 Å². The van der Waals surface area contributed by atoms with Crippen molar-refractivity contribution < 1.29 is 9.47 Å². The van der Waals surface area contributed by atoms with Gasteiger partial charge in [-0.1, -0.05) is 15.9 Å². The third-order valence-corrected chi connectivity index (χ3v) is 2.68. The maximum atomic E-state index is 5.77. The van der Waals surface area contributed by atoms with Gasteiger partial charge in [-0.2, -0.15) is 0 Å². The Morgan fingerprint density at radius 1 is 1.35 bits per heavy atom. The van der Waals surface area contributed by atoms with Crippen molar-refractivity contribution in [2.24, 2.45) is 0 Å². The Labute approximate surface area is 112 Å². The van der Waals surface area contributed by atoms with Gasteiger partial charge in [-0.25, -0.2) is 0 Å². The van der Waals surface area contributed by atoms with Crippen LogP contribution in [0.3, 0.4) is 0 Å². The topological polar surface area (TPSA) is 30.5 Å². The summed E-state index contributed by atoms with van der Waals surface area (Å²) in [4.78, 5) is 0. The lowest BCUT2D eigenvalue weighted by Gasteiger charge is -2.15. The molecule has 0 aromatic heterocycles. The van der Waals surface area contributed by atoms with Gasteiger partial charge in [0.05, 0.1) is 12.7 Å². The quantitative estimate of drug-likeness (QED) is 0.786. The molecule has 0 radical (unpaired) electrons. The number of benzene rings is 1. The van der Waals surface area contributed by atoms with E-state index < -0.39 is 0 Å². The molecule has 0 aliphatic carbocycles. The number of nitrogens with one attached hydrogen (secondary N) is 1. The molecule has 0 bridgehead atoms. The summed E-state index contributed by atoms with van der Waals surface area (Å²) in [7, 11) is 1.70. The normalized spacial score (nSPS) is 10.9. The van der Waals surface area contributed by atoms with E-state index in [0.29, 0.717) is 6.61 Å². The van der Waals surface area contributed by atoms with Crippen LogP contribution in [0.5, 0.6) is 5.75 Å². The fourth-order valence-electron chi connectivity index (χ4n) is 1.45. The summed E-state index contributed by atoms with van der Waals surface area (Å²) in [5.41, 5.74) is 1.16. The minimum atomic E-state index is 0.189. The van der Waals surface area contributed by atoms with Crippen LogP contribution in [-0.4, -0.2) is 26.4 Å². The zero-order valence-electron chi connectivity index (χ0n) is 10.6. The summed E-state index contributed by atoms with van der Waals surface area (Å²) in [6.07, 6.45) is 0.189. The highest BCUT2D eigenvalue weighted by Gasteiger charge is 2.06. The van der Waals surface area contributed by atoms with Crippen LogP contribution in [0.4, 0.5) is 0 Å². The maximum Gasteiger partial charge on any atom is 0.124 e. The molecule has 0 heterocycles. The summed E-state index contributed by atoms with van der Waals surface area (Å²) < 4.78 is 11.8. The molecule has 0 atom stereocenters. The van der Waals surface area contributed by atoms with E-state index in [2.05, 4.69) is 27.3 Å². The Balaban J connectivity index is 2.63. The first-order chi connectivity index (χ1) is 8.13. The van der Waals surface area contributed by atoms with Crippen LogP contribution >= 0.6 is 15.9 Å². The first kappa shape index (κ1) is 14.5. The van der Waals surface area contributed by atoms with E-state index in [0.717, 1.165) is 28.9 Å². The Morgan fingerprint density at radius 3 is 2.76 bits per heavy atom. The molecule has 0 aliphatic rings. The van der Waals surface area contributed by atoms with E-state index in [4.69, 9.17) is 9.47 Å². The van der Waals surface area contributed by atoms with Crippen molar-refractivity contribution in [1.29, 1.82) is 0 Å². The van der Waals surface area contributed by atoms with Crippen molar-refractivity contribution in [2.45, 2.75) is 26.5 Å². The third-order valence-electron chi connectivity index (χ3n) is 2.18. The second-order valence-corrected chi connectivity index (χ2v) is 5.00. The van der Waals surface area contributed by atoms with Gasteiger partial charge < -0.3 is 14.8 Å². The number of ether oxygens (including phenoxy) is 2. The molecule has 0 spiro atoms. The number of hydrogen-bond donors (Lipinski definition) is 1. The van der Waals surface area contributed by atoms with E-state index >= 15 is 0 Å². The molecule has 0 saturated carbocycles. The van der Waals surface area contributed by atoms with Crippen molar-refractivity contribution in [1.82, 2.24) is 5.32 Å². The predicted molar refractivity (Wildman–Crippen MR) is 73.5 cm³/mol. The minimum absolute atomic E-state index is 0.189. The predicted octanol–water partition coefficient (Wildman–Crippen LogP) is 2.97. The van der Waals surface area contributed by atoms with Crippen LogP contribution in [0.1, 0.15) is 19.4 Å². The van der Waals surface area contributed by atoms with E-state index in [1.54, 1.807) is 7.11 Å². The van der Waals surface area contributed by atoms with Gasteiger partial charge in [-0.05, 0) is 32.0 Å². The highest BCUT2D eigenvalue weighted by Crippen LogP contribution is 2.24. The number of rotatable bonds is 7. The molecule has 0 fully saturated rings. The Bertz CT molecular complexity index is 342. The summed E-state index contributed by atoms with van der Waals surface area (Å²) in [5, 5.41) is 3.32. The van der Waals surface area contributed by atoms with Crippen LogP contribution in [-0.2, 0) is 11.3 Å². The summed E-state index contributed by atoms with van der Waals surface area (Å²) >= 11 is 3.48. The maximum absolute atomic E-state index is 5.77. The van der Waals surface area contributed by atoms with Crippen LogP contribution in [0, 0.1) is 0 Å². The molecule has 1 rings (SSSR count). The molecule has 96 valence electrons. The van der Waals surface area contributed by atoms with Crippen LogP contribution in [0.2, 0.25) is 0 Å². The van der Waals surface area contributed by atoms with E-state index in [1.807, 2.05) is 26.0 Å². The minimum Gasteiger partial charge on any atom is -0.491 e. The lowest BCUT2D eigenvalue weighted by Crippen LogP contribution is -2.19. The molecular formula is C13H20BrNO2. The van der Waals surface area contributed by atoms with Gasteiger partial charge in [0, 0.05) is 30.2 Å². The number of halogens is 1. The fourth-order valence-corrected chi connectivity index (χ4v) is 1.86. The van der Waals surface area contributed by atoms with E-state index in [-0.39, 0.29) is 6.10 Å². The molecule has 4 heteroatoms.